The minimum atomic E-state index is -3.93. The van der Waals surface area contributed by atoms with Gasteiger partial charge in [0.1, 0.15) is 11.8 Å². The molecule has 1 heterocycles. The summed E-state index contributed by atoms with van der Waals surface area (Å²) in [6.07, 6.45) is 0.217. The summed E-state index contributed by atoms with van der Waals surface area (Å²) < 4.78 is 30.9. The normalized spacial score (nSPS) is 13.8. The first-order chi connectivity index (χ1) is 8.22. The van der Waals surface area contributed by atoms with E-state index in [1.165, 1.54) is 12.1 Å². The second kappa shape index (κ2) is 5.53. The number of hydrogen-bond donors (Lipinski definition) is 2. The van der Waals surface area contributed by atoms with Gasteiger partial charge >= 0.3 is 5.97 Å². The molecule has 18 heavy (non-hydrogen) atoms. The van der Waals surface area contributed by atoms with Gasteiger partial charge in [0.25, 0.3) is 10.0 Å². The predicted molar refractivity (Wildman–Crippen MR) is 64.6 cm³/mol. The van der Waals surface area contributed by atoms with Crippen molar-refractivity contribution in [3.8, 4) is 0 Å². The maximum atomic E-state index is 11.9. The van der Waals surface area contributed by atoms with E-state index >= 15 is 0 Å². The Morgan fingerprint density at radius 2 is 2.06 bits per heavy atom. The van der Waals surface area contributed by atoms with Gasteiger partial charge in [0.05, 0.1) is 0 Å². The van der Waals surface area contributed by atoms with Gasteiger partial charge in [0.2, 0.25) is 5.09 Å². The van der Waals surface area contributed by atoms with E-state index < -0.39 is 22.0 Å². The highest BCUT2D eigenvalue weighted by Gasteiger charge is 2.27. The smallest absolute Gasteiger partial charge is 0.321 e. The van der Waals surface area contributed by atoms with Crippen molar-refractivity contribution in [1.82, 2.24) is 4.72 Å². The maximum absolute atomic E-state index is 11.9. The average molecular weight is 275 g/mol. The SMILES string of the molecule is Cc1ccc(S(=O)(=O)NC(CC(C)C)C(=O)O)o1. The van der Waals surface area contributed by atoms with Gasteiger partial charge in [-0.2, -0.15) is 4.72 Å². The number of nitrogens with one attached hydrogen (secondary N) is 1. The molecule has 7 heteroatoms. The fourth-order valence-electron chi connectivity index (χ4n) is 1.47. The molecule has 0 fully saturated rings. The molecule has 0 saturated heterocycles. The van der Waals surface area contributed by atoms with E-state index in [2.05, 4.69) is 4.72 Å². The molecule has 1 aromatic heterocycles. The molecular formula is C11H17NO5S. The fraction of sp³-hybridized carbons (Fsp3) is 0.545. The van der Waals surface area contributed by atoms with E-state index in [1.54, 1.807) is 6.92 Å². The molecule has 1 aromatic rings. The van der Waals surface area contributed by atoms with Crippen LogP contribution in [0.3, 0.4) is 0 Å². The second-order valence-corrected chi connectivity index (χ2v) is 6.15. The average Bonchev–Trinajstić information content (AvgIpc) is 2.63. The van der Waals surface area contributed by atoms with E-state index in [0.717, 1.165) is 0 Å². The lowest BCUT2D eigenvalue weighted by atomic mass is 10.1. The molecule has 0 saturated carbocycles. The van der Waals surface area contributed by atoms with Crippen LogP contribution in [0.2, 0.25) is 0 Å². The number of furan rings is 1. The molecule has 0 bridgehead atoms. The summed E-state index contributed by atoms with van der Waals surface area (Å²) in [7, 11) is -3.93. The minimum absolute atomic E-state index is 0.0622. The third-order valence-corrected chi connectivity index (χ3v) is 3.63. The predicted octanol–water partition coefficient (Wildman–Crippen LogP) is 1.37. The third-order valence-electron chi connectivity index (χ3n) is 2.28. The lowest BCUT2D eigenvalue weighted by Crippen LogP contribution is -2.41. The molecule has 6 nitrogen and oxygen atoms in total. The van der Waals surface area contributed by atoms with Crippen LogP contribution in [0.4, 0.5) is 0 Å². The van der Waals surface area contributed by atoms with E-state index in [9.17, 15) is 13.2 Å². The number of rotatable bonds is 6. The van der Waals surface area contributed by atoms with Crippen molar-refractivity contribution in [3.05, 3.63) is 17.9 Å². The Labute approximate surface area is 106 Å². The van der Waals surface area contributed by atoms with Crippen molar-refractivity contribution in [2.24, 2.45) is 5.92 Å². The first-order valence-corrected chi connectivity index (χ1v) is 7.02. The molecule has 0 aliphatic heterocycles. The molecule has 0 radical (unpaired) electrons. The van der Waals surface area contributed by atoms with Crippen LogP contribution >= 0.6 is 0 Å². The largest absolute Gasteiger partial charge is 0.480 e. The summed E-state index contributed by atoms with van der Waals surface area (Å²) >= 11 is 0. The van der Waals surface area contributed by atoms with Crippen LogP contribution in [0.1, 0.15) is 26.0 Å². The van der Waals surface area contributed by atoms with Crippen LogP contribution < -0.4 is 4.72 Å². The van der Waals surface area contributed by atoms with Gasteiger partial charge in [0, 0.05) is 0 Å². The molecule has 0 amide bonds. The zero-order valence-corrected chi connectivity index (χ0v) is 11.3. The maximum Gasteiger partial charge on any atom is 0.321 e. The van der Waals surface area contributed by atoms with E-state index in [0.29, 0.717) is 5.76 Å². The summed E-state index contributed by atoms with van der Waals surface area (Å²) in [6, 6.07) is 1.65. The summed E-state index contributed by atoms with van der Waals surface area (Å²) in [5, 5.41) is 8.71. The highest BCUT2D eigenvalue weighted by Crippen LogP contribution is 2.15. The summed E-state index contributed by atoms with van der Waals surface area (Å²) in [6.45, 7) is 5.25. The van der Waals surface area contributed by atoms with Gasteiger partial charge in [0.15, 0.2) is 0 Å². The molecule has 0 aliphatic rings. The van der Waals surface area contributed by atoms with Crippen molar-refractivity contribution in [1.29, 1.82) is 0 Å². The van der Waals surface area contributed by atoms with Gasteiger partial charge in [-0.3, -0.25) is 4.79 Å². The minimum Gasteiger partial charge on any atom is -0.480 e. The molecule has 1 unspecified atom stereocenters. The molecule has 0 aliphatic carbocycles. The first-order valence-electron chi connectivity index (χ1n) is 5.54. The number of hydrogen-bond acceptors (Lipinski definition) is 4. The summed E-state index contributed by atoms with van der Waals surface area (Å²) in [5.41, 5.74) is 0. The van der Waals surface area contributed by atoms with Crippen LogP contribution in [-0.2, 0) is 14.8 Å². The zero-order valence-electron chi connectivity index (χ0n) is 10.5. The lowest BCUT2D eigenvalue weighted by Gasteiger charge is -2.15. The quantitative estimate of drug-likeness (QED) is 0.817. The Kier molecular flexibility index (Phi) is 4.53. The monoisotopic (exact) mass is 275 g/mol. The van der Waals surface area contributed by atoms with Crippen LogP contribution in [-0.4, -0.2) is 25.5 Å². The van der Waals surface area contributed by atoms with Crippen molar-refractivity contribution < 1.29 is 22.7 Å². The number of aliphatic carboxylic acids is 1. The van der Waals surface area contributed by atoms with Crippen molar-refractivity contribution in [2.75, 3.05) is 0 Å². The number of sulfonamides is 1. The summed E-state index contributed by atoms with van der Waals surface area (Å²) in [5.74, 6) is -0.686. The Morgan fingerprint density at radius 3 is 2.44 bits per heavy atom. The fourth-order valence-corrected chi connectivity index (χ4v) is 2.65. The highest BCUT2D eigenvalue weighted by molar-refractivity contribution is 7.89. The third kappa shape index (κ3) is 3.85. The van der Waals surface area contributed by atoms with Gasteiger partial charge in [-0.1, -0.05) is 13.8 Å². The standard InChI is InChI=1S/C11H17NO5S/c1-7(2)6-9(11(13)14)12-18(15,16)10-5-4-8(3)17-10/h4-5,7,9,12H,6H2,1-3H3,(H,13,14). The molecule has 1 rings (SSSR count). The lowest BCUT2D eigenvalue weighted by molar-refractivity contribution is -0.139. The first kappa shape index (κ1) is 14.7. The second-order valence-electron chi connectivity index (χ2n) is 4.51. The van der Waals surface area contributed by atoms with Gasteiger partial charge in [-0.05, 0) is 31.4 Å². The molecule has 0 spiro atoms. The molecule has 0 aromatic carbocycles. The number of carboxylic acid groups (broad SMARTS) is 1. The zero-order chi connectivity index (χ0) is 13.9. The summed E-state index contributed by atoms with van der Waals surface area (Å²) in [4.78, 5) is 11.0. The van der Waals surface area contributed by atoms with Crippen LogP contribution in [0.25, 0.3) is 0 Å². The van der Waals surface area contributed by atoms with E-state index in [-0.39, 0.29) is 17.4 Å². The van der Waals surface area contributed by atoms with Crippen LogP contribution in [0.5, 0.6) is 0 Å². The molecule has 102 valence electrons. The Hall–Kier alpha value is -1.34. The Balaban J connectivity index is 2.89. The Bertz CT molecular complexity index is 517. The Morgan fingerprint density at radius 1 is 1.44 bits per heavy atom. The topological polar surface area (TPSA) is 96.6 Å². The van der Waals surface area contributed by atoms with Gasteiger partial charge in [-0.25, -0.2) is 8.42 Å². The van der Waals surface area contributed by atoms with Crippen molar-refractivity contribution in [2.45, 2.75) is 38.3 Å². The van der Waals surface area contributed by atoms with Crippen LogP contribution in [0, 0.1) is 12.8 Å². The van der Waals surface area contributed by atoms with Crippen molar-refractivity contribution in [3.63, 3.8) is 0 Å². The van der Waals surface area contributed by atoms with Crippen molar-refractivity contribution >= 4 is 16.0 Å². The van der Waals surface area contributed by atoms with E-state index in [1.807, 2.05) is 13.8 Å². The number of carbonyl (C=O) groups is 1. The highest BCUT2D eigenvalue weighted by atomic mass is 32.2. The molecule has 2 N–H and O–H groups in total. The number of carboxylic acids is 1. The van der Waals surface area contributed by atoms with E-state index in [4.69, 9.17) is 9.52 Å². The number of aryl methyl sites for hydroxylation is 1. The van der Waals surface area contributed by atoms with Gasteiger partial charge < -0.3 is 9.52 Å². The molecule has 1 atom stereocenters. The molecular weight excluding hydrogens is 258 g/mol. The van der Waals surface area contributed by atoms with Gasteiger partial charge in [-0.15, -0.1) is 0 Å². The van der Waals surface area contributed by atoms with Crippen LogP contribution in [0.15, 0.2) is 21.6 Å².